The minimum absolute atomic E-state index is 0.954. The van der Waals surface area contributed by atoms with Gasteiger partial charge in [-0.2, -0.15) is 0 Å². The van der Waals surface area contributed by atoms with Crippen LogP contribution in [0.25, 0.3) is 0 Å². The topological polar surface area (TPSA) is 12.4 Å². The molecule has 2 rings (SSSR count). The van der Waals surface area contributed by atoms with Gasteiger partial charge in [-0.25, -0.2) is 0 Å². The normalized spacial score (nSPS) is 14.6. The van der Waals surface area contributed by atoms with Crippen molar-refractivity contribution in [2.75, 3.05) is 6.54 Å². The van der Waals surface area contributed by atoms with Gasteiger partial charge in [-0.1, -0.05) is 23.8 Å². The molecule has 0 aliphatic carbocycles. The Morgan fingerprint density at radius 2 is 2.27 bits per heavy atom. The van der Waals surface area contributed by atoms with Crippen molar-refractivity contribution in [2.45, 2.75) is 13.3 Å². The lowest BCUT2D eigenvalue weighted by atomic mass is 10.0. The Labute approximate surface area is 66.8 Å². The number of aryl methyl sites for hydroxylation is 1. The van der Waals surface area contributed by atoms with E-state index >= 15 is 0 Å². The number of benzene rings is 1. The molecule has 1 aromatic rings. The van der Waals surface area contributed by atoms with Crippen molar-refractivity contribution in [2.24, 2.45) is 4.99 Å². The maximum atomic E-state index is 4.23. The first-order valence-corrected chi connectivity index (χ1v) is 3.95. The molecule has 0 fully saturated rings. The minimum atomic E-state index is 0.954. The van der Waals surface area contributed by atoms with E-state index in [0.29, 0.717) is 0 Å². The van der Waals surface area contributed by atoms with Crippen LogP contribution in [0, 0.1) is 6.92 Å². The smallest absolute Gasteiger partial charge is 0.0430 e. The highest BCUT2D eigenvalue weighted by Crippen LogP contribution is 2.13. The Morgan fingerprint density at radius 3 is 3.18 bits per heavy atom. The molecule has 1 nitrogen and oxygen atoms in total. The number of hydrogen-bond acceptors (Lipinski definition) is 1. The van der Waals surface area contributed by atoms with Crippen LogP contribution in [0.4, 0.5) is 0 Å². The van der Waals surface area contributed by atoms with Gasteiger partial charge >= 0.3 is 0 Å². The Bertz CT molecular complexity index is 300. The molecule has 0 atom stereocenters. The van der Waals surface area contributed by atoms with Crippen LogP contribution < -0.4 is 0 Å². The molecule has 1 heterocycles. The summed E-state index contributed by atoms with van der Waals surface area (Å²) in [6, 6.07) is 6.56. The summed E-state index contributed by atoms with van der Waals surface area (Å²) in [6.45, 7) is 3.07. The molecule has 0 N–H and O–H groups in total. The summed E-state index contributed by atoms with van der Waals surface area (Å²) in [5.41, 5.74) is 4.05. The number of aliphatic imine (C=N–C) groups is 1. The predicted molar refractivity (Wildman–Crippen MR) is 47.3 cm³/mol. The first kappa shape index (κ1) is 6.59. The summed E-state index contributed by atoms with van der Waals surface area (Å²) in [5.74, 6) is 0. The number of nitrogens with zero attached hydrogens (tertiary/aromatic N) is 1. The predicted octanol–water partition coefficient (Wildman–Crippen LogP) is 1.97. The van der Waals surface area contributed by atoms with Gasteiger partial charge in [0.1, 0.15) is 0 Å². The first-order valence-electron chi connectivity index (χ1n) is 3.95. The zero-order valence-electron chi connectivity index (χ0n) is 6.67. The van der Waals surface area contributed by atoms with Gasteiger partial charge in [-0.3, -0.25) is 4.99 Å². The van der Waals surface area contributed by atoms with Crippen LogP contribution in [0.3, 0.4) is 0 Å². The summed E-state index contributed by atoms with van der Waals surface area (Å²) in [7, 11) is 0. The molecule has 11 heavy (non-hydrogen) atoms. The van der Waals surface area contributed by atoms with E-state index in [2.05, 4.69) is 30.1 Å². The van der Waals surface area contributed by atoms with Gasteiger partial charge in [0.05, 0.1) is 0 Å². The third-order valence-electron chi connectivity index (χ3n) is 2.04. The molecule has 0 spiro atoms. The van der Waals surface area contributed by atoms with E-state index < -0.39 is 0 Å². The van der Waals surface area contributed by atoms with E-state index in [1.54, 1.807) is 0 Å². The van der Waals surface area contributed by atoms with E-state index in [0.717, 1.165) is 13.0 Å². The van der Waals surface area contributed by atoms with Crippen LogP contribution >= 0.6 is 0 Å². The van der Waals surface area contributed by atoms with Gasteiger partial charge < -0.3 is 0 Å². The zero-order valence-corrected chi connectivity index (χ0v) is 6.67. The van der Waals surface area contributed by atoms with Crippen LogP contribution in [-0.2, 0) is 6.42 Å². The highest BCUT2D eigenvalue weighted by Gasteiger charge is 2.03. The van der Waals surface area contributed by atoms with E-state index in [1.165, 1.54) is 16.7 Å². The largest absolute Gasteiger partial charge is 0.292 e. The first-order chi connectivity index (χ1) is 5.36. The van der Waals surface area contributed by atoms with Gasteiger partial charge in [0.25, 0.3) is 0 Å². The maximum Gasteiger partial charge on any atom is 0.0430 e. The molecule has 1 aromatic carbocycles. The van der Waals surface area contributed by atoms with Crippen molar-refractivity contribution >= 4 is 6.21 Å². The van der Waals surface area contributed by atoms with Crippen LogP contribution in [-0.4, -0.2) is 12.8 Å². The molecule has 1 aliphatic rings. The number of hydrogen-bond donors (Lipinski definition) is 0. The standard InChI is InChI=1S/C10H11N/c1-8-2-3-9-4-5-11-7-10(9)6-8/h2-3,6-7H,4-5H2,1H3. The minimum Gasteiger partial charge on any atom is -0.292 e. The highest BCUT2D eigenvalue weighted by atomic mass is 14.7. The SMILES string of the molecule is Cc1ccc2c(c1)C=NCC2. The average molecular weight is 145 g/mol. The van der Waals surface area contributed by atoms with Crippen LogP contribution in [0.1, 0.15) is 16.7 Å². The molecule has 0 saturated carbocycles. The molecule has 1 aliphatic heterocycles. The molecule has 0 bridgehead atoms. The Hall–Kier alpha value is -1.11. The Balaban J connectivity index is 2.54. The molecule has 56 valence electrons. The lowest BCUT2D eigenvalue weighted by Gasteiger charge is -2.09. The van der Waals surface area contributed by atoms with Crippen LogP contribution in [0.2, 0.25) is 0 Å². The van der Waals surface area contributed by atoms with Gasteiger partial charge in [-0.15, -0.1) is 0 Å². The van der Waals surface area contributed by atoms with E-state index in [9.17, 15) is 0 Å². The van der Waals surface area contributed by atoms with Crippen LogP contribution in [0.5, 0.6) is 0 Å². The lowest BCUT2D eigenvalue weighted by molar-refractivity contribution is 0.951. The second kappa shape index (κ2) is 2.50. The summed E-state index contributed by atoms with van der Waals surface area (Å²) < 4.78 is 0. The van der Waals surface area contributed by atoms with Gasteiger partial charge in [-0.05, 0) is 24.5 Å². The number of rotatable bonds is 0. The monoisotopic (exact) mass is 145 g/mol. The van der Waals surface area contributed by atoms with Gasteiger partial charge in [0.2, 0.25) is 0 Å². The van der Waals surface area contributed by atoms with Crippen molar-refractivity contribution in [3.8, 4) is 0 Å². The summed E-state index contributed by atoms with van der Waals surface area (Å²) >= 11 is 0. The summed E-state index contributed by atoms with van der Waals surface area (Å²) in [4.78, 5) is 4.23. The number of fused-ring (bicyclic) bond motifs is 1. The Morgan fingerprint density at radius 1 is 1.36 bits per heavy atom. The van der Waals surface area contributed by atoms with Crippen LogP contribution in [0.15, 0.2) is 23.2 Å². The van der Waals surface area contributed by atoms with Crippen molar-refractivity contribution < 1.29 is 0 Å². The average Bonchev–Trinajstić information content (AvgIpc) is 2.04. The van der Waals surface area contributed by atoms with E-state index in [-0.39, 0.29) is 0 Å². The molecule has 0 amide bonds. The third-order valence-corrected chi connectivity index (χ3v) is 2.04. The van der Waals surface area contributed by atoms with Crippen molar-refractivity contribution in [1.29, 1.82) is 0 Å². The van der Waals surface area contributed by atoms with Gasteiger partial charge in [0, 0.05) is 12.8 Å². The van der Waals surface area contributed by atoms with E-state index in [4.69, 9.17) is 0 Å². The Kier molecular flexibility index (Phi) is 1.50. The quantitative estimate of drug-likeness (QED) is 0.529. The lowest BCUT2D eigenvalue weighted by Crippen LogP contribution is -2.02. The molecular weight excluding hydrogens is 134 g/mol. The fourth-order valence-electron chi connectivity index (χ4n) is 1.41. The van der Waals surface area contributed by atoms with Crippen molar-refractivity contribution in [3.63, 3.8) is 0 Å². The molecule has 0 aromatic heterocycles. The second-order valence-corrected chi connectivity index (χ2v) is 2.99. The molecular formula is C10H11N. The fourth-order valence-corrected chi connectivity index (χ4v) is 1.41. The zero-order chi connectivity index (χ0) is 7.68. The molecule has 0 saturated heterocycles. The second-order valence-electron chi connectivity index (χ2n) is 2.99. The van der Waals surface area contributed by atoms with Crippen molar-refractivity contribution in [3.05, 3.63) is 34.9 Å². The van der Waals surface area contributed by atoms with E-state index in [1.807, 2.05) is 6.21 Å². The fraction of sp³-hybridized carbons (Fsp3) is 0.300. The highest BCUT2D eigenvalue weighted by molar-refractivity contribution is 5.83. The van der Waals surface area contributed by atoms with Gasteiger partial charge in [0.15, 0.2) is 0 Å². The molecule has 0 radical (unpaired) electrons. The molecule has 1 heteroatoms. The summed E-state index contributed by atoms with van der Waals surface area (Å²) in [5, 5.41) is 0. The maximum absolute atomic E-state index is 4.23. The molecule has 0 unspecified atom stereocenters. The van der Waals surface area contributed by atoms with Crippen molar-refractivity contribution in [1.82, 2.24) is 0 Å². The third kappa shape index (κ3) is 1.18. The summed E-state index contributed by atoms with van der Waals surface area (Å²) in [6.07, 6.45) is 3.08.